The van der Waals surface area contributed by atoms with Crippen LogP contribution in [0.25, 0.3) is 5.82 Å². The lowest BCUT2D eigenvalue weighted by molar-refractivity contribution is -0.140. The summed E-state index contributed by atoms with van der Waals surface area (Å²) in [5.74, 6) is -1.50. The molecule has 134 valence electrons. The highest BCUT2D eigenvalue weighted by Crippen LogP contribution is 2.18. The number of aryl methyl sites for hydroxylation is 2. The molecule has 1 amide bonds. The summed E-state index contributed by atoms with van der Waals surface area (Å²) < 4.78 is 1.60. The molecule has 0 saturated heterocycles. The Balaban J connectivity index is 2.35. The summed E-state index contributed by atoms with van der Waals surface area (Å²) in [4.78, 5) is 28.2. The highest BCUT2D eigenvalue weighted by molar-refractivity contribution is 6.33. The van der Waals surface area contributed by atoms with Gasteiger partial charge in [0.2, 0.25) is 0 Å². The third kappa shape index (κ3) is 4.17. The summed E-state index contributed by atoms with van der Waals surface area (Å²) in [6.45, 7) is 7.36. The van der Waals surface area contributed by atoms with Gasteiger partial charge in [-0.15, -0.1) is 0 Å². The van der Waals surface area contributed by atoms with Gasteiger partial charge in [0.05, 0.1) is 10.7 Å². The molecule has 0 bridgehead atoms. The van der Waals surface area contributed by atoms with Gasteiger partial charge >= 0.3 is 5.97 Å². The van der Waals surface area contributed by atoms with Crippen LogP contribution >= 0.6 is 11.6 Å². The topological polar surface area (TPSA) is 97.1 Å². The fourth-order valence-corrected chi connectivity index (χ4v) is 2.65. The summed E-state index contributed by atoms with van der Waals surface area (Å²) in [6.07, 6.45) is 0.615. The lowest BCUT2D eigenvalue weighted by Gasteiger charge is -2.20. The molecule has 7 nitrogen and oxygen atoms in total. The van der Waals surface area contributed by atoms with Crippen molar-refractivity contribution in [2.24, 2.45) is 5.92 Å². The van der Waals surface area contributed by atoms with Crippen molar-refractivity contribution in [2.45, 2.75) is 40.2 Å². The number of hydrogen-bond acceptors (Lipinski definition) is 4. The molecular weight excluding hydrogens is 344 g/mol. The normalized spacial score (nSPS) is 13.3. The van der Waals surface area contributed by atoms with E-state index in [0.717, 1.165) is 11.4 Å². The van der Waals surface area contributed by atoms with Gasteiger partial charge in [0.15, 0.2) is 5.82 Å². The number of aromatic nitrogens is 3. The van der Waals surface area contributed by atoms with Crippen LogP contribution in [0.2, 0.25) is 5.02 Å². The number of pyridine rings is 1. The van der Waals surface area contributed by atoms with Gasteiger partial charge in [-0.3, -0.25) is 4.79 Å². The van der Waals surface area contributed by atoms with Crippen molar-refractivity contribution >= 4 is 23.5 Å². The van der Waals surface area contributed by atoms with Crippen LogP contribution in [-0.2, 0) is 4.79 Å². The monoisotopic (exact) mass is 364 g/mol. The molecule has 2 rings (SSSR count). The van der Waals surface area contributed by atoms with E-state index in [9.17, 15) is 14.7 Å². The minimum Gasteiger partial charge on any atom is -0.480 e. The van der Waals surface area contributed by atoms with Gasteiger partial charge in [0.1, 0.15) is 11.7 Å². The van der Waals surface area contributed by atoms with Crippen molar-refractivity contribution in [3.8, 4) is 5.82 Å². The maximum Gasteiger partial charge on any atom is 0.326 e. The standard InChI is InChI=1S/C17H21ClN4O3/c1-5-9(2)14(17(24)25)20-16(23)15-12(18)6-7-13(19-15)22-11(4)8-10(3)21-22/h6-9,14H,5H2,1-4H3,(H,20,23)(H,24,25)/t9-,14-/m0/s1. The van der Waals surface area contributed by atoms with Crippen LogP contribution in [-0.4, -0.2) is 37.8 Å². The van der Waals surface area contributed by atoms with E-state index >= 15 is 0 Å². The second-order valence-corrected chi connectivity index (χ2v) is 6.42. The van der Waals surface area contributed by atoms with E-state index in [1.165, 1.54) is 0 Å². The molecule has 8 heteroatoms. The van der Waals surface area contributed by atoms with E-state index < -0.39 is 17.9 Å². The molecule has 0 aliphatic heterocycles. The van der Waals surface area contributed by atoms with Crippen molar-refractivity contribution in [3.63, 3.8) is 0 Å². The molecule has 0 aliphatic rings. The number of carboxylic acids is 1. The predicted octanol–water partition coefficient (Wildman–Crippen LogP) is 2.77. The molecule has 0 fully saturated rings. The fraction of sp³-hybridized carbons (Fsp3) is 0.412. The fourth-order valence-electron chi connectivity index (χ4n) is 2.46. The Labute approximate surface area is 151 Å². The molecule has 25 heavy (non-hydrogen) atoms. The van der Waals surface area contributed by atoms with Crippen molar-refractivity contribution in [1.29, 1.82) is 0 Å². The predicted molar refractivity (Wildman–Crippen MR) is 94.2 cm³/mol. The number of rotatable bonds is 6. The third-order valence-corrected chi connectivity index (χ3v) is 4.34. The van der Waals surface area contributed by atoms with Crippen LogP contribution in [0, 0.1) is 19.8 Å². The molecule has 0 aliphatic carbocycles. The van der Waals surface area contributed by atoms with Crippen LogP contribution < -0.4 is 5.32 Å². The number of carboxylic acid groups (broad SMARTS) is 1. The lowest BCUT2D eigenvalue weighted by atomic mass is 9.99. The van der Waals surface area contributed by atoms with Gasteiger partial charge in [0, 0.05) is 5.69 Å². The number of amides is 1. The number of aliphatic carboxylic acids is 1. The first-order valence-corrected chi connectivity index (χ1v) is 8.36. The Kier molecular flexibility index (Phi) is 5.79. The second kappa shape index (κ2) is 7.65. The molecule has 0 radical (unpaired) electrons. The summed E-state index contributed by atoms with van der Waals surface area (Å²) in [7, 11) is 0. The number of carbonyl (C=O) groups is 2. The van der Waals surface area contributed by atoms with Gasteiger partial charge in [-0.2, -0.15) is 5.10 Å². The van der Waals surface area contributed by atoms with E-state index in [1.54, 1.807) is 23.7 Å². The molecule has 2 heterocycles. The average molecular weight is 365 g/mol. The number of nitrogens with zero attached hydrogens (tertiary/aromatic N) is 3. The van der Waals surface area contributed by atoms with Crippen LogP contribution in [0.5, 0.6) is 0 Å². The maximum absolute atomic E-state index is 12.5. The van der Waals surface area contributed by atoms with Crippen molar-refractivity contribution in [2.75, 3.05) is 0 Å². The summed E-state index contributed by atoms with van der Waals surface area (Å²) in [5.41, 5.74) is 1.66. The average Bonchev–Trinajstić information content (AvgIpc) is 2.90. The molecule has 0 saturated carbocycles. The summed E-state index contributed by atoms with van der Waals surface area (Å²) in [5, 5.41) is 16.3. The first kappa shape index (κ1) is 18.9. The summed E-state index contributed by atoms with van der Waals surface area (Å²) >= 11 is 6.10. The van der Waals surface area contributed by atoms with Gasteiger partial charge in [-0.25, -0.2) is 14.5 Å². The Hall–Kier alpha value is -2.41. The molecule has 2 aromatic heterocycles. The van der Waals surface area contributed by atoms with Crippen LogP contribution in [0.1, 0.15) is 42.1 Å². The van der Waals surface area contributed by atoms with Gasteiger partial charge in [-0.05, 0) is 38.0 Å². The van der Waals surface area contributed by atoms with Gasteiger partial charge in [-0.1, -0.05) is 31.9 Å². The lowest BCUT2D eigenvalue weighted by Crippen LogP contribution is -2.45. The molecule has 0 aromatic carbocycles. The number of halogens is 1. The molecule has 2 aromatic rings. The zero-order valence-electron chi connectivity index (χ0n) is 14.6. The highest BCUT2D eigenvalue weighted by Gasteiger charge is 2.27. The van der Waals surface area contributed by atoms with Gasteiger partial charge in [0.25, 0.3) is 5.91 Å². The third-order valence-electron chi connectivity index (χ3n) is 4.04. The molecule has 2 N–H and O–H groups in total. The molecule has 0 unspecified atom stereocenters. The summed E-state index contributed by atoms with van der Waals surface area (Å²) in [6, 6.07) is 4.09. The Morgan fingerprint density at radius 1 is 1.36 bits per heavy atom. The largest absolute Gasteiger partial charge is 0.480 e. The Morgan fingerprint density at radius 2 is 2.04 bits per heavy atom. The van der Waals surface area contributed by atoms with E-state index in [2.05, 4.69) is 15.4 Å². The Morgan fingerprint density at radius 3 is 2.56 bits per heavy atom. The number of carbonyl (C=O) groups excluding carboxylic acids is 1. The van der Waals surface area contributed by atoms with Crippen molar-refractivity contribution < 1.29 is 14.7 Å². The first-order valence-electron chi connectivity index (χ1n) is 7.98. The number of nitrogens with one attached hydrogen (secondary N) is 1. The second-order valence-electron chi connectivity index (χ2n) is 6.01. The minimum absolute atomic E-state index is 0.0266. The van der Waals surface area contributed by atoms with Crippen LogP contribution in [0.15, 0.2) is 18.2 Å². The van der Waals surface area contributed by atoms with Crippen molar-refractivity contribution in [3.05, 3.63) is 40.3 Å². The molecular formula is C17H21ClN4O3. The first-order chi connectivity index (χ1) is 11.7. The maximum atomic E-state index is 12.5. The smallest absolute Gasteiger partial charge is 0.326 e. The van der Waals surface area contributed by atoms with Gasteiger partial charge < -0.3 is 10.4 Å². The van der Waals surface area contributed by atoms with E-state index in [0.29, 0.717) is 12.2 Å². The van der Waals surface area contributed by atoms with Crippen LogP contribution in [0.4, 0.5) is 0 Å². The highest BCUT2D eigenvalue weighted by atomic mass is 35.5. The quantitative estimate of drug-likeness (QED) is 0.821. The SMILES string of the molecule is CC[C@H](C)[C@H](NC(=O)c1nc(-n2nc(C)cc2C)ccc1Cl)C(=O)O. The number of hydrogen-bond donors (Lipinski definition) is 2. The molecule has 2 atom stereocenters. The van der Waals surface area contributed by atoms with E-state index in [-0.39, 0.29) is 16.6 Å². The molecule has 0 spiro atoms. The van der Waals surface area contributed by atoms with E-state index in [4.69, 9.17) is 11.6 Å². The van der Waals surface area contributed by atoms with Crippen molar-refractivity contribution in [1.82, 2.24) is 20.1 Å². The minimum atomic E-state index is -1.09. The van der Waals surface area contributed by atoms with Crippen LogP contribution in [0.3, 0.4) is 0 Å². The van der Waals surface area contributed by atoms with E-state index in [1.807, 2.05) is 26.8 Å². The zero-order chi connectivity index (χ0) is 18.7. The zero-order valence-corrected chi connectivity index (χ0v) is 15.3. The Bertz CT molecular complexity index is 803.